The molecule has 0 radical (unpaired) electrons. The van der Waals surface area contributed by atoms with Crippen molar-refractivity contribution in [1.82, 2.24) is 0 Å². The first-order valence-electron chi connectivity index (χ1n) is 20.8. The summed E-state index contributed by atoms with van der Waals surface area (Å²) in [5, 5.41) is 0. The van der Waals surface area contributed by atoms with Crippen LogP contribution in [0.2, 0.25) is 0 Å². The molecule has 5 aromatic rings. The smallest absolute Gasteiger partial charge is 0.120 e. The minimum absolute atomic E-state index is 0.239. The summed E-state index contributed by atoms with van der Waals surface area (Å²) >= 11 is 0. The van der Waals surface area contributed by atoms with Crippen LogP contribution in [0.4, 0.5) is 0 Å². The fourth-order valence-electron chi connectivity index (χ4n) is 5.74. The Kier molecular flexibility index (Phi) is 18.8. The highest BCUT2D eigenvalue weighted by atomic mass is 16.6. The summed E-state index contributed by atoms with van der Waals surface area (Å²) in [6.45, 7) is 25.2. The molecule has 8 heteroatoms. The minimum atomic E-state index is 0.239. The molecule has 312 valence electrons. The van der Waals surface area contributed by atoms with E-state index in [9.17, 15) is 0 Å². The van der Waals surface area contributed by atoms with Crippen molar-refractivity contribution in [3.8, 4) is 34.5 Å². The predicted molar refractivity (Wildman–Crippen MR) is 233 cm³/mol. The number of epoxide rings is 2. The zero-order valence-corrected chi connectivity index (χ0v) is 36.3. The van der Waals surface area contributed by atoms with E-state index < -0.39 is 0 Å². The van der Waals surface area contributed by atoms with Gasteiger partial charge >= 0.3 is 0 Å². The fourth-order valence-corrected chi connectivity index (χ4v) is 5.74. The van der Waals surface area contributed by atoms with Gasteiger partial charge in [-0.1, -0.05) is 65.8 Å². The Balaban J connectivity index is 0.00000119. The first-order valence-corrected chi connectivity index (χ1v) is 20.8. The number of ether oxygens (including phenoxy) is 8. The molecule has 0 amide bonds. The molecule has 2 atom stereocenters. The number of hydrogen-bond acceptors (Lipinski definition) is 8. The second-order valence-electron chi connectivity index (χ2n) is 13.4. The maximum atomic E-state index is 6.17. The highest BCUT2D eigenvalue weighted by Gasteiger charge is 2.23. The van der Waals surface area contributed by atoms with E-state index in [4.69, 9.17) is 37.9 Å². The van der Waals surface area contributed by atoms with Crippen molar-refractivity contribution in [1.29, 1.82) is 0 Å². The van der Waals surface area contributed by atoms with Gasteiger partial charge in [0, 0.05) is 0 Å². The van der Waals surface area contributed by atoms with Gasteiger partial charge in [-0.05, 0) is 145 Å². The van der Waals surface area contributed by atoms with Gasteiger partial charge in [0.05, 0.1) is 13.2 Å². The topological polar surface area (TPSA) is 80.4 Å². The number of rotatable bonds is 18. The van der Waals surface area contributed by atoms with E-state index in [2.05, 4.69) is 52.0 Å². The third-order valence-electron chi connectivity index (χ3n) is 9.75. The lowest BCUT2D eigenvalue weighted by Crippen LogP contribution is -2.05. The Hall–Kier alpha value is -5.18. The summed E-state index contributed by atoms with van der Waals surface area (Å²) in [5.74, 6) is 4.84. The van der Waals surface area contributed by atoms with Crippen LogP contribution >= 0.6 is 0 Å². The van der Waals surface area contributed by atoms with Crippen molar-refractivity contribution in [3.63, 3.8) is 0 Å². The normalized spacial score (nSPS) is 14.5. The van der Waals surface area contributed by atoms with Gasteiger partial charge in [0.1, 0.15) is 86.3 Å². The third-order valence-corrected chi connectivity index (χ3v) is 9.75. The van der Waals surface area contributed by atoms with E-state index in [1.807, 2.05) is 114 Å². The van der Waals surface area contributed by atoms with Gasteiger partial charge in [-0.3, -0.25) is 0 Å². The monoisotopic (exact) mass is 792 g/mol. The molecule has 0 bridgehead atoms. The molecule has 8 nitrogen and oxygen atoms in total. The number of hydrogen-bond donors (Lipinski definition) is 0. The first kappa shape index (κ1) is 45.5. The maximum Gasteiger partial charge on any atom is 0.120 e. The lowest BCUT2D eigenvalue weighted by molar-refractivity contribution is 0.262. The largest absolute Gasteiger partial charge is 0.491 e. The number of benzene rings is 5. The van der Waals surface area contributed by atoms with Crippen molar-refractivity contribution in [2.45, 2.75) is 108 Å². The van der Waals surface area contributed by atoms with Gasteiger partial charge in [-0.15, -0.1) is 0 Å². The third kappa shape index (κ3) is 14.0. The van der Waals surface area contributed by atoms with Crippen LogP contribution in [-0.4, -0.2) is 38.6 Å². The van der Waals surface area contributed by atoms with Crippen LogP contribution in [0, 0.1) is 27.7 Å². The summed E-state index contributed by atoms with van der Waals surface area (Å²) in [4.78, 5) is 0. The van der Waals surface area contributed by atoms with E-state index in [0.29, 0.717) is 39.6 Å². The van der Waals surface area contributed by atoms with Crippen LogP contribution in [-0.2, 0) is 35.9 Å². The van der Waals surface area contributed by atoms with Gasteiger partial charge in [0.15, 0.2) is 0 Å². The molecule has 58 heavy (non-hydrogen) atoms. The van der Waals surface area contributed by atoms with Gasteiger partial charge in [-0.25, -0.2) is 0 Å². The molecule has 2 unspecified atom stereocenters. The summed E-state index contributed by atoms with van der Waals surface area (Å²) in [7, 11) is 0. The van der Waals surface area contributed by atoms with Gasteiger partial charge < -0.3 is 37.9 Å². The Morgan fingerprint density at radius 1 is 0.345 bits per heavy atom. The van der Waals surface area contributed by atoms with E-state index >= 15 is 0 Å². The van der Waals surface area contributed by atoms with Crippen molar-refractivity contribution < 1.29 is 37.9 Å². The zero-order valence-electron chi connectivity index (χ0n) is 36.3. The molecule has 2 fully saturated rings. The summed E-state index contributed by atoms with van der Waals surface area (Å²) in [6, 6.07) is 31.8. The average Bonchev–Trinajstić information content (AvgIpc) is 4.23. The fraction of sp³-hybridized carbons (Fsp3) is 0.400. The molecule has 7 rings (SSSR count). The van der Waals surface area contributed by atoms with Gasteiger partial charge in [0.2, 0.25) is 0 Å². The molecule has 2 saturated heterocycles. The molecule has 0 saturated carbocycles. The van der Waals surface area contributed by atoms with E-state index in [-0.39, 0.29) is 12.2 Å². The summed E-state index contributed by atoms with van der Waals surface area (Å²) in [5.41, 5.74) is 9.40. The highest BCUT2D eigenvalue weighted by Crippen LogP contribution is 2.27. The molecule has 0 N–H and O–H groups in total. The van der Waals surface area contributed by atoms with Crippen molar-refractivity contribution in [2.75, 3.05) is 26.4 Å². The Bertz CT molecular complexity index is 1790. The molecule has 2 aliphatic heterocycles. The van der Waals surface area contributed by atoms with Crippen LogP contribution < -0.4 is 28.4 Å². The molecule has 2 aliphatic rings. The van der Waals surface area contributed by atoms with E-state index in [0.717, 1.165) is 70.0 Å². The maximum absolute atomic E-state index is 6.17. The molecule has 0 aromatic heterocycles. The van der Waals surface area contributed by atoms with Crippen molar-refractivity contribution in [3.05, 3.63) is 142 Å². The molecule has 0 spiro atoms. The lowest BCUT2D eigenvalue weighted by Gasteiger charge is -2.16. The second kappa shape index (κ2) is 23.9. The van der Waals surface area contributed by atoms with Crippen LogP contribution in [0.25, 0.3) is 0 Å². The molecule has 5 aromatic carbocycles. The van der Waals surface area contributed by atoms with E-state index in [1.54, 1.807) is 0 Å². The van der Waals surface area contributed by atoms with Crippen LogP contribution in [0.15, 0.2) is 97.1 Å². The lowest BCUT2D eigenvalue weighted by atomic mass is 9.99. The highest BCUT2D eigenvalue weighted by molar-refractivity contribution is 5.42. The van der Waals surface area contributed by atoms with Crippen molar-refractivity contribution >= 4 is 0 Å². The van der Waals surface area contributed by atoms with Crippen LogP contribution in [0.3, 0.4) is 0 Å². The quantitative estimate of drug-likeness (QED) is 0.0812. The summed E-state index contributed by atoms with van der Waals surface area (Å²) < 4.78 is 46.3. The van der Waals surface area contributed by atoms with Crippen molar-refractivity contribution in [2.24, 2.45) is 0 Å². The molecular weight excluding hydrogens is 729 g/mol. The minimum Gasteiger partial charge on any atom is -0.491 e. The molecule has 0 aliphatic carbocycles. The second-order valence-corrected chi connectivity index (χ2v) is 13.4. The van der Waals surface area contributed by atoms with Crippen LogP contribution in [0.1, 0.15) is 86.1 Å². The standard InChI is InChI=1S/C44H46O8.3C2H6/c1-29-31(3)35(23-47-39-13-17-41(18-14-39)49-25-43-27-51-43)7-5-33(29)21-45-37-9-11-38(12-10-37)46-22-34-6-8-36(32(4)30(34)2)24-48-40-15-19-42(20-16-40)50-26-44-28-52-44;3*1-2/h5-20,43-44H,21-28H2,1-4H3;3*1-2H3. The first-order chi connectivity index (χ1) is 28.4. The Morgan fingerprint density at radius 2 is 0.534 bits per heavy atom. The molecule has 2 heterocycles. The van der Waals surface area contributed by atoms with Crippen LogP contribution in [0.5, 0.6) is 34.5 Å². The average molecular weight is 793 g/mol. The molecular formula is C50H64O8. The van der Waals surface area contributed by atoms with Gasteiger partial charge in [0.25, 0.3) is 0 Å². The van der Waals surface area contributed by atoms with E-state index in [1.165, 1.54) is 22.3 Å². The SMILES string of the molecule is CC.CC.CC.Cc1c(COc2ccc(OCc3ccc(COc4ccc(OCC5CO5)cc4)c(C)c3C)cc2)ccc(COc2ccc(OCC3CO3)cc2)c1C. The zero-order chi connectivity index (χ0) is 41.9. The van der Waals surface area contributed by atoms with Gasteiger partial charge in [-0.2, -0.15) is 0 Å². The Labute approximate surface area is 347 Å². The predicted octanol–water partition coefficient (Wildman–Crippen LogP) is 11.9. The summed E-state index contributed by atoms with van der Waals surface area (Å²) in [6.07, 6.45) is 0.478. The Morgan fingerprint density at radius 3 is 0.724 bits per heavy atom.